The van der Waals surface area contributed by atoms with Gasteiger partial charge in [-0.25, -0.2) is 18.1 Å². The van der Waals surface area contributed by atoms with E-state index in [1.165, 1.54) is 4.31 Å². The maximum absolute atomic E-state index is 12.4. The number of rotatable bonds is 5. The highest BCUT2D eigenvalue weighted by Gasteiger charge is 2.31. The molecule has 2 aromatic rings. The Kier molecular flexibility index (Phi) is 5.43. The van der Waals surface area contributed by atoms with Gasteiger partial charge in [-0.1, -0.05) is 18.2 Å². The molecule has 8 heteroatoms. The zero-order chi connectivity index (χ0) is 18.7. The molecular formula is C18H24N4O3S. The van der Waals surface area contributed by atoms with Gasteiger partial charge in [0, 0.05) is 35.2 Å². The Morgan fingerprint density at radius 1 is 1.42 bits per heavy atom. The Balaban J connectivity index is 1.66. The molecule has 1 aliphatic heterocycles. The van der Waals surface area contributed by atoms with E-state index in [0.29, 0.717) is 19.4 Å². The highest BCUT2D eigenvalue weighted by atomic mass is 32.2. The summed E-state index contributed by atoms with van der Waals surface area (Å²) in [6.45, 7) is 4.28. The van der Waals surface area contributed by atoms with Crippen molar-refractivity contribution in [3.8, 4) is 0 Å². The van der Waals surface area contributed by atoms with E-state index < -0.39 is 10.0 Å². The molecule has 0 aliphatic carbocycles. The molecule has 2 N–H and O–H groups in total. The lowest BCUT2D eigenvalue weighted by molar-refractivity contribution is -0.126. The zero-order valence-corrected chi connectivity index (χ0v) is 15.8. The van der Waals surface area contributed by atoms with E-state index in [4.69, 9.17) is 0 Å². The van der Waals surface area contributed by atoms with Crippen LogP contribution in [0.2, 0.25) is 0 Å². The fourth-order valence-corrected chi connectivity index (χ4v) is 4.49. The molecule has 0 bridgehead atoms. The third kappa shape index (κ3) is 3.81. The predicted molar refractivity (Wildman–Crippen MR) is 103 cm³/mol. The summed E-state index contributed by atoms with van der Waals surface area (Å²) in [5.41, 5.74) is 5.49. The number of carbonyl (C=O) groups excluding carboxylic acids is 1. The Morgan fingerprint density at radius 2 is 2.19 bits per heavy atom. The summed E-state index contributed by atoms with van der Waals surface area (Å²) in [7, 11) is -3.26. The van der Waals surface area contributed by atoms with Crippen molar-refractivity contribution in [3.05, 3.63) is 35.5 Å². The van der Waals surface area contributed by atoms with Crippen LogP contribution in [0.1, 0.15) is 31.0 Å². The smallest absolute Gasteiger partial charge is 0.244 e. The van der Waals surface area contributed by atoms with E-state index in [1.54, 1.807) is 13.1 Å². The van der Waals surface area contributed by atoms with Crippen LogP contribution in [-0.2, 0) is 14.8 Å². The molecule has 1 aliphatic rings. The second-order valence-electron chi connectivity index (χ2n) is 6.54. The number of benzene rings is 1. The average Bonchev–Trinajstić information content (AvgIpc) is 2.97. The van der Waals surface area contributed by atoms with E-state index in [9.17, 15) is 13.2 Å². The molecule has 1 fully saturated rings. The van der Waals surface area contributed by atoms with Crippen LogP contribution in [0.4, 0.5) is 0 Å². The second-order valence-corrected chi connectivity index (χ2v) is 8.80. The third-order valence-electron chi connectivity index (χ3n) is 4.82. The van der Waals surface area contributed by atoms with Crippen LogP contribution >= 0.6 is 0 Å². The third-order valence-corrected chi connectivity index (χ3v) is 6.67. The standard InChI is InChI=1S/C18H24N4O3S/c1-3-26(24,25)22-10-6-7-14(12-22)18(23)21-19-11-16-13(2)20-17-9-5-4-8-15(16)17/h4-5,8-9,11,14,20H,3,6-7,10,12H2,1-2H3,(H,21,23)/b19-11-/t14-/m0/s1. The van der Waals surface area contributed by atoms with Gasteiger partial charge in [0.1, 0.15) is 0 Å². The number of carbonyl (C=O) groups is 1. The maximum Gasteiger partial charge on any atom is 0.244 e. The number of aromatic nitrogens is 1. The van der Waals surface area contributed by atoms with Gasteiger partial charge in [-0.3, -0.25) is 4.79 Å². The normalized spacial score (nSPS) is 19.2. The fourth-order valence-electron chi connectivity index (χ4n) is 3.31. The van der Waals surface area contributed by atoms with E-state index in [-0.39, 0.29) is 24.1 Å². The van der Waals surface area contributed by atoms with Gasteiger partial charge < -0.3 is 4.98 Å². The number of aromatic amines is 1. The first-order valence-corrected chi connectivity index (χ1v) is 10.4. The summed E-state index contributed by atoms with van der Waals surface area (Å²) < 4.78 is 25.4. The molecule has 26 heavy (non-hydrogen) atoms. The number of sulfonamides is 1. The van der Waals surface area contributed by atoms with Gasteiger partial charge in [0.25, 0.3) is 0 Å². The lowest BCUT2D eigenvalue weighted by Gasteiger charge is -2.30. The van der Waals surface area contributed by atoms with Gasteiger partial charge in [-0.05, 0) is 32.8 Å². The van der Waals surface area contributed by atoms with Gasteiger partial charge in [-0.15, -0.1) is 0 Å². The monoisotopic (exact) mass is 376 g/mol. The van der Waals surface area contributed by atoms with Crippen molar-refractivity contribution in [2.45, 2.75) is 26.7 Å². The first-order valence-electron chi connectivity index (χ1n) is 8.80. The summed E-state index contributed by atoms with van der Waals surface area (Å²) in [5.74, 6) is -0.555. The molecule has 1 atom stereocenters. The molecule has 140 valence electrons. The minimum absolute atomic E-state index is 0.0549. The maximum atomic E-state index is 12.4. The molecule has 0 spiro atoms. The number of piperidine rings is 1. The van der Waals surface area contributed by atoms with Crippen LogP contribution in [-0.4, -0.2) is 48.7 Å². The topological polar surface area (TPSA) is 94.6 Å². The van der Waals surface area contributed by atoms with Crippen LogP contribution in [0.15, 0.2) is 29.4 Å². The van der Waals surface area contributed by atoms with Gasteiger partial charge in [0.15, 0.2) is 0 Å². The lowest BCUT2D eigenvalue weighted by Crippen LogP contribution is -2.45. The van der Waals surface area contributed by atoms with Gasteiger partial charge in [0.05, 0.1) is 17.9 Å². The minimum atomic E-state index is -3.26. The molecule has 0 saturated carbocycles. The number of nitrogens with one attached hydrogen (secondary N) is 2. The number of hydrogen-bond donors (Lipinski definition) is 2. The Labute approximate surface area is 153 Å². The lowest BCUT2D eigenvalue weighted by atomic mass is 9.99. The molecule has 0 unspecified atom stereocenters. The largest absolute Gasteiger partial charge is 0.358 e. The van der Waals surface area contributed by atoms with E-state index in [2.05, 4.69) is 15.5 Å². The first kappa shape index (κ1) is 18.6. The molecule has 3 rings (SSSR count). The van der Waals surface area contributed by atoms with Crippen molar-refractivity contribution < 1.29 is 13.2 Å². The number of amides is 1. The SMILES string of the molecule is CCS(=O)(=O)N1CCC[C@H](C(=O)N/N=C\c2c(C)[nH]c3ccccc23)C1. The molecule has 1 amide bonds. The highest BCUT2D eigenvalue weighted by Crippen LogP contribution is 2.21. The van der Waals surface area contributed by atoms with Gasteiger partial charge >= 0.3 is 0 Å². The number of hydrazone groups is 1. The first-order chi connectivity index (χ1) is 12.4. The van der Waals surface area contributed by atoms with Gasteiger partial charge in [-0.2, -0.15) is 5.10 Å². The summed E-state index contributed by atoms with van der Waals surface area (Å²) in [6.07, 6.45) is 2.99. The molecule has 2 heterocycles. The van der Waals surface area contributed by atoms with Crippen molar-refractivity contribution in [1.82, 2.24) is 14.7 Å². The van der Waals surface area contributed by atoms with Crippen LogP contribution in [0.25, 0.3) is 10.9 Å². The molecule has 1 aromatic heterocycles. The molecule has 0 radical (unpaired) electrons. The minimum Gasteiger partial charge on any atom is -0.358 e. The van der Waals surface area contributed by atoms with E-state index >= 15 is 0 Å². The van der Waals surface area contributed by atoms with Crippen molar-refractivity contribution in [3.63, 3.8) is 0 Å². The number of hydrogen-bond acceptors (Lipinski definition) is 4. The quantitative estimate of drug-likeness (QED) is 0.617. The number of aryl methyl sites for hydroxylation is 1. The highest BCUT2D eigenvalue weighted by molar-refractivity contribution is 7.89. The average molecular weight is 376 g/mol. The van der Waals surface area contributed by atoms with E-state index in [0.717, 1.165) is 22.2 Å². The Hall–Kier alpha value is -2.19. The fraction of sp³-hybridized carbons (Fsp3) is 0.444. The summed E-state index contributed by atoms with van der Waals surface area (Å²) >= 11 is 0. The number of nitrogens with zero attached hydrogens (tertiary/aromatic N) is 2. The molecular weight excluding hydrogens is 352 g/mol. The summed E-state index contributed by atoms with van der Waals surface area (Å²) in [6, 6.07) is 7.90. The second kappa shape index (κ2) is 7.59. The molecule has 7 nitrogen and oxygen atoms in total. The van der Waals surface area contributed by atoms with Gasteiger partial charge in [0.2, 0.25) is 15.9 Å². The van der Waals surface area contributed by atoms with Crippen molar-refractivity contribution >= 4 is 33.0 Å². The predicted octanol–water partition coefficient (Wildman–Crippen LogP) is 1.99. The molecule has 1 saturated heterocycles. The number of para-hydroxylation sites is 1. The van der Waals surface area contributed by atoms with Crippen molar-refractivity contribution in [2.24, 2.45) is 11.0 Å². The van der Waals surface area contributed by atoms with Crippen LogP contribution in [0, 0.1) is 12.8 Å². The molecule has 1 aromatic carbocycles. The summed E-state index contributed by atoms with van der Waals surface area (Å²) in [5, 5.41) is 5.14. The van der Waals surface area contributed by atoms with Crippen molar-refractivity contribution in [2.75, 3.05) is 18.8 Å². The number of fused-ring (bicyclic) bond motifs is 1. The summed E-state index contributed by atoms with van der Waals surface area (Å²) in [4.78, 5) is 15.7. The zero-order valence-electron chi connectivity index (χ0n) is 15.0. The van der Waals surface area contributed by atoms with Crippen LogP contribution < -0.4 is 5.43 Å². The Morgan fingerprint density at radius 3 is 2.96 bits per heavy atom. The number of H-pyrrole nitrogens is 1. The van der Waals surface area contributed by atoms with Crippen molar-refractivity contribution in [1.29, 1.82) is 0 Å². The van der Waals surface area contributed by atoms with Crippen LogP contribution in [0.3, 0.4) is 0 Å². The Bertz CT molecular complexity index is 933. The van der Waals surface area contributed by atoms with E-state index in [1.807, 2.05) is 31.2 Å². The van der Waals surface area contributed by atoms with Crippen LogP contribution in [0.5, 0.6) is 0 Å².